The molecule has 1 unspecified atom stereocenters. The minimum atomic E-state index is 0.121. The Hall–Kier alpha value is -3.09. The highest BCUT2D eigenvalue weighted by Crippen LogP contribution is 2.29. The smallest absolute Gasteiger partial charge is 0.298 e. The number of nitrogens with zero attached hydrogens (tertiary/aromatic N) is 3. The number of carbonyl (C=O) groups excluding carboxylic acids is 1. The predicted octanol–water partition coefficient (Wildman–Crippen LogP) is 3.59. The zero-order chi connectivity index (χ0) is 20.8. The zero-order valence-corrected chi connectivity index (χ0v) is 17.3. The third-order valence-electron chi connectivity index (χ3n) is 5.53. The number of fused-ring (bicyclic) bond motifs is 1. The van der Waals surface area contributed by atoms with Gasteiger partial charge in [-0.15, -0.1) is 0 Å². The molecule has 2 aromatic heterocycles. The van der Waals surface area contributed by atoms with Gasteiger partial charge in [0.05, 0.1) is 7.11 Å². The second-order valence-electron chi connectivity index (χ2n) is 7.80. The Morgan fingerprint density at radius 2 is 2.30 bits per heavy atom. The van der Waals surface area contributed by atoms with Crippen molar-refractivity contribution in [1.29, 1.82) is 0 Å². The highest BCUT2D eigenvalue weighted by molar-refractivity contribution is 5.77. The van der Waals surface area contributed by atoms with Crippen LogP contribution in [0.3, 0.4) is 0 Å². The van der Waals surface area contributed by atoms with Gasteiger partial charge < -0.3 is 19.4 Å². The summed E-state index contributed by atoms with van der Waals surface area (Å²) in [7, 11) is 1.64. The number of benzene rings is 1. The number of anilines is 1. The van der Waals surface area contributed by atoms with Crippen molar-refractivity contribution in [3.63, 3.8) is 0 Å². The maximum absolute atomic E-state index is 12.4. The molecule has 7 heteroatoms. The number of amides is 1. The molecule has 0 spiro atoms. The van der Waals surface area contributed by atoms with Crippen molar-refractivity contribution in [2.45, 2.75) is 32.1 Å². The number of hydrogen-bond acceptors (Lipinski definition) is 6. The third-order valence-corrected chi connectivity index (χ3v) is 5.53. The summed E-state index contributed by atoms with van der Waals surface area (Å²) in [5.41, 5.74) is 2.74. The highest BCUT2D eigenvalue weighted by atomic mass is 16.5. The first-order valence-electron chi connectivity index (χ1n) is 10.6. The van der Waals surface area contributed by atoms with Crippen molar-refractivity contribution < 1.29 is 13.9 Å². The van der Waals surface area contributed by atoms with Crippen molar-refractivity contribution in [2.75, 3.05) is 31.6 Å². The van der Waals surface area contributed by atoms with Gasteiger partial charge in [0, 0.05) is 44.5 Å². The molecule has 0 radical (unpaired) electrons. The summed E-state index contributed by atoms with van der Waals surface area (Å²) in [6, 6.07) is 10.3. The highest BCUT2D eigenvalue weighted by Gasteiger charge is 2.25. The number of rotatable bonds is 8. The Labute approximate surface area is 176 Å². The molecule has 1 aliphatic rings. The third kappa shape index (κ3) is 5.09. The minimum absolute atomic E-state index is 0.121. The van der Waals surface area contributed by atoms with Crippen LogP contribution >= 0.6 is 0 Å². The predicted molar refractivity (Wildman–Crippen MR) is 116 cm³/mol. The van der Waals surface area contributed by atoms with Crippen LogP contribution in [-0.4, -0.2) is 42.6 Å². The van der Waals surface area contributed by atoms with Gasteiger partial charge >= 0.3 is 0 Å². The number of aromatic nitrogens is 2. The second-order valence-corrected chi connectivity index (χ2v) is 7.80. The molecule has 4 rings (SSSR count). The average Bonchev–Trinajstić information content (AvgIpc) is 3.21. The van der Waals surface area contributed by atoms with Crippen LogP contribution in [0, 0.1) is 5.92 Å². The quantitative estimate of drug-likeness (QED) is 0.574. The van der Waals surface area contributed by atoms with Crippen LogP contribution in [0.2, 0.25) is 0 Å². The molecule has 1 saturated heterocycles. The van der Waals surface area contributed by atoms with E-state index in [1.165, 1.54) is 5.56 Å². The number of hydrogen-bond donors (Lipinski definition) is 1. The average molecular weight is 409 g/mol. The van der Waals surface area contributed by atoms with Crippen LogP contribution < -0.4 is 15.0 Å². The maximum Gasteiger partial charge on any atom is 0.298 e. The number of oxazole rings is 1. The molecule has 1 atom stereocenters. The fourth-order valence-corrected chi connectivity index (χ4v) is 3.96. The molecular formula is C23H28N4O3. The standard InChI is InChI=1S/C23H28N4O3/c1-29-19-8-9-21-20(14-19)26-23(30-21)27-12-4-7-18(16-27)13-22(28)25-11-3-6-17-5-2-10-24-15-17/h2,5,8-10,14-15,18H,3-4,6-7,11-13,16H2,1H3,(H,25,28). The molecule has 3 aromatic rings. The maximum atomic E-state index is 12.4. The minimum Gasteiger partial charge on any atom is -0.497 e. The van der Waals surface area contributed by atoms with Crippen LogP contribution in [0.4, 0.5) is 6.01 Å². The van der Waals surface area contributed by atoms with E-state index in [9.17, 15) is 4.79 Å². The molecule has 1 aromatic carbocycles. The summed E-state index contributed by atoms with van der Waals surface area (Å²) < 4.78 is 11.2. The van der Waals surface area contributed by atoms with Crippen molar-refractivity contribution >= 4 is 23.0 Å². The Morgan fingerprint density at radius 1 is 1.37 bits per heavy atom. The van der Waals surface area contributed by atoms with Gasteiger partial charge in [-0.3, -0.25) is 9.78 Å². The Kier molecular flexibility index (Phi) is 6.47. The fraction of sp³-hybridized carbons (Fsp3) is 0.435. The van der Waals surface area contributed by atoms with E-state index >= 15 is 0 Å². The lowest BCUT2D eigenvalue weighted by Gasteiger charge is -2.31. The van der Waals surface area contributed by atoms with E-state index < -0.39 is 0 Å². The number of pyridine rings is 1. The van der Waals surface area contributed by atoms with Gasteiger partial charge in [0.1, 0.15) is 11.3 Å². The number of aryl methyl sites for hydroxylation is 1. The van der Waals surface area contributed by atoms with Gasteiger partial charge in [0.15, 0.2) is 5.58 Å². The van der Waals surface area contributed by atoms with Gasteiger partial charge in [0.25, 0.3) is 6.01 Å². The van der Waals surface area contributed by atoms with Crippen molar-refractivity contribution in [3.8, 4) is 5.75 Å². The summed E-state index contributed by atoms with van der Waals surface area (Å²) in [6.07, 6.45) is 8.11. The van der Waals surface area contributed by atoms with E-state index in [-0.39, 0.29) is 5.91 Å². The Bertz CT molecular complexity index is 973. The second kappa shape index (κ2) is 9.61. The Balaban J connectivity index is 1.26. The molecule has 1 aliphatic heterocycles. The van der Waals surface area contributed by atoms with E-state index in [2.05, 4.69) is 26.3 Å². The summed E-state index contributed by atoms with van der Waals surface area (Å²) in [4.78, 5) is 23.3. The molecule has 0 bridgehead atoms. The number of piperidine rings is 1. The SMILES string of the molecule is COc1ccc2oc(N3CCCC(CC(=O)NCCCc4cccnc4)C3)nc2c1. The molecule has 3 heterocycles. The van der Waals surface area contributed by atoms with Gasteiger partial charge in [-0.2, -0.15) is 4.98 Å². The van der Waals surface area contributed by atoms with Crippen molar-refractivity contribution in [1.82, 2.24) is 15.3 Å². The van der Waals surface area contributed by atoms with Crippen LogP contribution in [0.5, 0.6) is 5.75 Å². The van der Waals surface area contributed by atoms with Gasteiger partial charge in [-0.1, -0.05) is 6.07 Å². The van der Waals surface area contributed by atoms with Crippen LogP contribution in [-0.2, 0) is 11.2 Å². The molecule has 1 amide bonds. The topological polar surface area (TPSA) is 80.5 Å². The monoisotopic (exact) mass is 408 g/mol. The number of carbonyl (C=O) groups is 1. The lowest BCUT2D eigenvalue weighted by atomic mass is 9.94. The fourth-order valence-electron chi connectivity index (χ4n) is 3.96. The summed E-state index contributed by atoms with van der Waals surface area (Å²) in [6.45, 7) is 2.37. The molecule has 7 nitrogen and oxygen atoms in total. The van der Waals surface area contributed by atoms with Crippen LogP contribution in [0.25, 0.3) is 11.1 Å². The number of methoxy groups -OCH3 is 1. The molecule has 1 N–H and O–H groups in total. The number of nitrogens with one attached hydrogen (secondary N) is 1. The molecule has 158 valence electrons. The lowest BCUT2D eigenvalue weighted by molar-refractivity contribution is -0.122. The Morgan fingerprint density at radius 3 is 3.13 bits per heavy atom. The van der Waals surface area contributed by atoms with Gasteiger partial charge in [-0.25, -0.2) is 0 Å². The first-order chi connectivity index (χ1) is 14.7. The van der Waals surface area contributed by atoms with E-state index in [4.69, 9.17) is 9.15 Å². The van der Waals surface area contributed by atoms with Crippen molar-refractivity contribution in [3.05, 3.63) is 48.3 Å². The van der Waals surface area contributed by atoms with E-state index in [1.54, 1.807) is 13.3 Å². The molecule has 1 fully saturated rings. The molecule has 0 aliphatic carbocycles. The summed E-state index contributed by atoms with van der Waals surface area (Å²) >= 11 is 0. The molecule has 30 heavy (non-hydrogen) atoms. The first kappa shape index (κ1) is 20.2. The zero-order valence-electron chi connectivity index (χ0n) is 17.3. The lowest BCUT2D eigenvalue weighted by Crippen LogP contribution is -2.38. The van der Waals surface area contributed by atoms with Crippen LogP contribution in [0.15, 0.2) is 47.1 Å². The van der Waals surface area contributed by atoms with Crippen molar-refractivity contribution in [2.24, 2.45) is 5.92 Å². The van der Waals surface area contributed by atoms with Gasteiger partial charge in [0.2, 0.25) is 5.91 Å². The number of ether oxygens (including phenoxy) is 1. The van der Waals surface area contributed by atoms with E-state index in [0.717, 1.165) is 55.6 Å². The van der Waals surface area contributed by atoms with E-state index in [1.807, 2.05) is 30.5 Å². The summed E-state index contributed by atoms with van der Waals surface area (Å²) in [5.74, 6) is 1.19. The van der Waals surface area contributed by atoms with Crippen LogP contribution in [0.1, 0.15) is 31.2 Å². The van der Waals surface area contributed by atoms with Gasteiger partial charge in [-0.05, 0) is 55.4 Å². The normalized spacial score (nSPS) is 16.6. The summed E-state index contributed by atoms with van der Waals surface area (Å²) in [5, 5.41) is 3.06. The largest absolute Gasteiger partial charge is 0.497 e. The first-order valence-corrected chi connectivity index (χ1v) is 10.6. The molecular weight excluding hydrogens is 380 g/mol. The molecule has 0 saturated carbocycles. The van der Waals surface area contributed by atoms with E-state index in [0.29, 0.717) is 24.9 Å².